The molecule has 25 heavy (non-hydrogen) atoms. The minimum Gasteiger partial charge on any atom is -0.478 e. The van der Waals surface area contributed by atoms with Gasteiger partial charge in [0.2, 0.25) is 0 Å². The van der Waals surface area contributed by atoms with E-state index in [0.717, 1.165) is 5.57 Å². The maximum absolute atomic E-state index is 10.7. The minimum absolute atomic E-state index is 0. The van der Waals surface area contributed by atoms with Gasteiger partial charge in [-0.25, -0.2) is 4.79 Å². The highest BCUT2D eigenvalue weighted by Gasteiger charge is 2.40. The van der Waals surface area contributed by atoms with Crippen LogP contribution in [-0.2, 0) is 15.6 Å². The van der Waals surface area contributed by atoms with Gasteiger partial charge >= 0.3 is 5.97 Å². The van der Waals surface area contributed by atoms with Gasteiger partial charge in [0.1, 0.15) is 0 Å². The van der Waals surface area contributed by atoms with Crippen molar-refractivity contribution in [3.05, 3.63) is 58.7 Å². The highest BCUT2D eigenvalue weighted by Crippen LogP contribution is 2.52. The molecule has 0 bridgehead atoms. The van der Waals surface area contributed by atoms with Crippen molar-refractivity contribution in [2.75, 3.05) is 0 Å². The molecule has 2 aliphatic rings. The molecule has 2 atom stereocenters. The Morgan fingerprint density at radius 3 is 2.44 bits per heavy atom. The van der Waals surface area contributed by atoms with Gasteiger partial charge < -0.3 is 5.11 Å². The number of allylic oxidation sites excluding steroid dienone is 3. The van der Waals surface area contributed by atoms with Crippen molar-refractivity contribution in [2.24, 2.45) is 5.92 Å². The number of rotatable bonds is 4. The first kappa shape index (κ1) is 18.0. The van der Waals surface area contributed by atoms with Crippen LogP contribution in [0.4, 0.5) is 0 Å². The van der Waals surface area contributed by atoms with E-state index in [1.54, 1.807) is 0 Å². The average Bonchev–Trinajstić information content (AvgIpc) is 3.29. The Bertz CT molecular complexity index is 755. The SMILES string of the molecule is CC(/C=C/C1CC1c1ccc2c(c1)C(C)(C)CCC2(C)C)=C\C(=O)O.[HH]. The van der Waals surface area contributed by atoms with Crippen LogP contribution < -0.4 is 0 Å². The lowest BCUT2D eigenvalue weighted by Crippen LogP contribution is -2.33. The third-order valence-corrected chi connectivity index (χ3v) is 6.10. The topological polar surface area (TPSA) is 37.3 Å². The summed E-state index contributed by atoms with van der Waals surface area (Å²) in [5, 5.41) is 8.79. The molecule has 0 aromatic heterocycles. The fourth-order valence-corrected chi connectivity index (χ4v) is 4.17. The van der Waals surface area contributed by atoms with E-state index in [4.69, 9.17) is 5.11 Å². The van der Waals surface area contributed by atoms with Gasteiger partial charge in [-0.15, -0.1) is 0 Å². The van der Waals surface area contributed by atoms with Gasteiger partial charge in [0.25, 0.3) is 0 Å². The Hall–Kier alpha value is -1.83. The van der Waals surface area contributed by atoms with Gasteiger partial charge in [-0.2, -0.15) is 0 Å². The van der Waals surface area contributed by atoms with Crippen LogP contribution in [0.15, 0.2) is 42.0 Å². The maximum Gasteiger partial charge on any atom is 0.328 e. The van der Waals surface area contributed by atoms with E-state index in [0.29, 0.717) is 11.8 Å². The monoisotopic (exact) mass is 340 g/mol. The van der Waals surface area contributed by atoms with Crippen LogP contribution in [0.3, 0.4) is 0 Å². The van der Waals surface area contributed by atoms with Crippen molar-refractivity contribution in [1.82, 2.24) is 0 Å². The van der Waals surface area contributed by atoms with Crippen LogP contribution in [0.2, 0.25) is 0 Å². The molecular weight excluding hydrogens is 308 g/mol. The molecule has 0 spiro atoms. The van der Waals surface area contributed by atoms with Gasteiger partial charge in [0.05, 0.1) is 0 Å². The van der Waals surface area contributed by atoms with Crippen molar-refractivity contribution in [1.29, 1.82) is 0 Å². The number of hydrogen-bond donors (Lipinski definition) is 1. The Morgan fingerprint density at radius 1 is 1.16 bits per heavy atom. The Balaban J connectivity index is 0.00000243. The molecule has 0 saturated heterocycles. The summed E-state index contributed by atoms with van der Waals surface area (Å²) in [6.45, 7) is 11.3. The molecule has 1 fully saturated rings. The van der Waals surface area contributed by atoms with Gasteiger partial charge in [0.15, 0.2) is 0 Å². The molecule has 1 aromatic rings. The molecular formula is C23H32O2. The third-order valence-electron chi connectivity index (χ3n) is 6.10. The van der Waals surface area contributed by atoms with Crippen LogP contribution in [0.5, 0.6) is 0 Å². The predicted octanol–water partition coefficient (Wildman–Crippen LogP) is 5.97. The summed E-state index contributed by atoms with van der Waals surface area (Å²) in [5.74, 6) is 0.240. The van der Waals surface area contributed by atoms with Crippen LogP contribution in [0, 0.1) is 5.92 Å². The van der Waals surface area contributed by atoms with E-state index in [1.165, 1.54) is 42.0 Å². The number of carboxylic acid groups (broad SMARTS) is 1. The molecule has 2 aliphatic carbocycles. The van der Waals surface area contributed by atoms with E-state index >= 15 is 0 Å². The lowest BCUT2D eigenvalue weighted by atomic mass is 9.63. The van der Waals surface area contributed by atoms with E-state index < -0.39 is 5.97 Å². The summed E-state index contributed by atoms with van der Waals surface area (Å²) < 4.78 is 0. The van der Waals surface area contributed by atoms with Crippen molar-refractivity contribution in [3.63, 3.8) is 0 Å². The first-order valence-corrected chi connectivity index (χ1v) is 9.34. The van der Waals surface area contributed by atoms with Gasteiger partial charge in [-0.3, -0.25) is 0 Å². The zero-order valence-electron chi connectivity index (χ0n) is 16.1. The van der Waals surface area contributed by atoms with Gasteiger partial charge in [0, 0.05) is 7.50 Å². The number of carbonyl (C=O) groups is 1. The second-order valence-corrected chi connectivity index (χ2v) is 9.16. The summed E-state index contributed by atoms with van der Waals surface area (Å²) in [7, 11) is 0. The van der Waals surface area contributed by atoms with E-state index in [2.05, 4.69) is 52.0 Å². The fraction of sp³-hybridized carbons (Fsp3) is 0.522. The lowest BCUT2D eigenvalue weighted by Gasteiger charge is -2.42. The molecule has 3 rings (SSSR count). The van der Waals surface area contributed by atoms with Gasteiger partial charge in [-0.1, -0.05) is 58.0 Å². The lowest BCUT2D eigenvalue weighted by molar-refractivity contribution is -0.131. The second-order valence-electron chi connectivity index (χ2n) is 9.16. The molecule has 1 N–H and O–H groups in total. The first-order valence-electron chi connectivity index (χ1n) is 9.34. The molecule has 0 amide bonds. The van der Waals surface area contributed by atoms with E-state index in [-0.39, 0.29) is 12.3 Å². The molecule has 1 aromatic carbocycles. The molecule has 0 aliphatic heterocycles. The summed E-state index contributed by atoms with van der Waals surface area (Å²) in [6.07, 6.45) is 9.04. The molecule has 136 valence electrons. The average molecular weight is 341 g/mol. The van der Waals surface area contributed by atoms with Crippen molar-refractivity contribution < 1.29 is 11.3 Å². The zero-order chi connectivity index (χ0) is 18.4. The van der Waals surface area contributed by atoms with Gasteiger partial charge in [-0.05, 0) is 71.1 Å². The highest BCUT2D eigenvalue weighted by molar-refractivity contribution is 5.81. The second kappa shape index (κ2) is 6.16. The minimum atomic E-state index is -0.881. The normalized spacial score (nSPS) is 27.2. The zero-order valence-corrected chi connectivity index (χ0v) is 16.1. The number of benzene rings is 1. The standard InChI is InChI=1S/C23H30O2.H2/c1-15(12-21(24)25)6-7-16-13-18(16)17-8-9-19-20(14-17)23(4,5)11-10-22(19,2)3;/h6-9,12,14,16,18H,10-11,13H2,1-5H3,(H,24,25);1H/b7-6+,15-12+;. The number of aliphatic carboxylic acids is 1. The predicted molar refractivity (Wildman–Crippen MR) is 105 cm³/mol. The maximum atomic E-state index is 10.7. The fourth-order valence-electron chi connectivity index (χ4n) is 4.17. The highest BCUT2D eigenvalue weighted by atomic mass is 16.4. The smallest absolute Gasteiger partial charge is 0.328 e. The van der Waals surface area contributed by atoms with Crippen LogP contribution in [0.25, 0.3) is 0 Å². The third kappa shape index (κ3) is 3.73. The summed E-state index contributed by atoms with van der Waals surface area (Å²) in [5.41, 5.74) is 5.80. The summed E-state index contributed by atoms with van der Waals surface area (Å²) in [4.78, 5) is 10.7. The van der Waals surface area contributed by atoms with E-state index in [9.17, 15) is 4.79 Å². The Morgan fingerprint density at radius 2 is 1.80 bits per heavy atom. The quantitative estimate of drug-likeness (QED) is 0.541. The first-order chi connectivity index (χ1) is 11.6. The van der Waals surface area contributed by atoms with Crippen LogP contribution >= 0.6 is 0 Å². The van der Waals surface area contributed by atoms with Crippen molar-refractivity contribution in [3.8, 4) is 0 Å². The molecule has 1 saturated carbocycles. The van der Waals surface area contributed by atoms with Crippen molar-refractivity contribution in [2.45, 2.75) is 70.6 Å². The molecule has 2 unspecified atom stereocenters. The Kier molecular flexibility index (Phi) is 4.43. The molecule has 2 heteroatoms. The van der Waals surface area contributed by atoms with Crippen molar-refractivity contribution >= 4 is 5.97 Å². The molecule has 2 nitrogen and oxygen atoms in total. The summed E-state index contributed by atoms with van der Waals surface area (Å²) in [6, 6.07) is 7.13. The number of hydrogen-bond acceptors (Lipinski definition) is 1. The number of fused-ring (bicyclic) bond motifs is 1. The number of carboxylic acids is 1. The van der Waals surface area contributed by atoms with E-state index in [1.807, 2.05) is 13.0 Å². The van der Waals surface area contributed by atoms with Crippen LogP contribution in [-0.4, -0.2) is 11.1 Å². The molecule has 0 heterocycles. The summed E-state index contributed by atoms with van der Waals surface area (Å²) >= 11 is 0. The Labute approximate surface area is 153 Å². The largest absolute Gasteiger partial charge is 0.478 e. The van der Waals surface area contributed by atoms with Crippen LogP contribution in [0.1, 0.15) is 77.9 Å². The molecule has 0 radical (unpaired) electrons.